The maximum Gasteiger partial charge on any atom is 0.246 e. The van der Waals surface area contributed by atoms with Crippen LogP contribution in [0.2, 0.25) is 0 Å². The van der Waals surface area contributed by atoms with Crippen LogP contribution in [0.5, 0.6) is 0 Å². The molecule has 0 spiro atoms. The van der Waals surface area contributed by atoms with E-state index in [2.05, 4.69) is 15.4 Å². The number of hydrogen-bond donors (Lipinski definition) is 1. The van der Waals surface area contributed by atoms with Crippen LogP contribution >= 0.6 is 0 Å². The number of benzene rings is 2. The smallest absolute Gasteiger partial charge is 0.246 e. The largest absolute Gasteiger partial charge is 0.323 e. The Morgan fingerprint density at radius 3 is 2.70 bits per heavy atom. The molecule has 0 bridgehead atoms. The number of nitrogens with one attached hydrogen (secondary N) is 1. The Kier molecular flexibility index (Phi) is 4.19. The lowest BCUT2D eigenvalue weighted by Gasteiger charge is -2.07. The third-order valence-corrected chi connectivity index (χ3v) is 3.36. The predicted octanol–water partition coefficient (Wildman–Crippen LogP) is 3.45. The van der Waals surface area contributed by atoms with Gasteiger partial charge in [-0.05, 0) is 49.2 Å². The number of anilines is 2. The van der Waals surface area contributed by atoms with Gasteiger partial charge in [-0.1, -0.05) is 24.3 Å². The number of carbonyl (C=O) groups is 1. The summed E-state index contributed by atoms with van der Waals surface area (Å²) in [6, 6.07) is 15.8. The fourth-order valence-electron chi connectivity index (χ4n) is 2.48. The third-order valence-electron chi connectivity index (χ3n) is 3.36. The van der Waals surface area contributed by atoms with E-state index in [9.17, 15) is 4.79 Å². The van der Waals surface area contributed by atoms with Crippen LogP contribution in [-0.4, -0.2) is 20.5 Å². The van der Waals surface area contributed by atoms with Crippen molar-refractivity contribution in [2.24, 2.45) is 0 Å². The Balaban J connectivity index is 1.81. The van der Waals surface area contributed by atoms with E-state index in [1.54, 1.807) is 17.9 Å². The molecular weight excluding hydrogens is 288 g/mol. The molecule has 23 heavy (non-hydrogen) atoms. The van der Waals surface area contributed by atoms with Crippen molar-refractivity contribution in [3.8, 4) is 5.69 Å². The summed E-state index contributed by atoms with van der Waals surface area (Å²) in [5.41, 5.74) is 3.91. The fourth-order valence-corrected chi connectivity index (χ4v) is 2.48. The Morgan fingerprint density at radius 1 is 1.17 bits per heavy atom. The van der Waals surface area contributed by atoms with Gasteiger partial charge in [0.1, 0.15) is 12.1 Å². The minimum Gasteiger partial charge on any atom is -0.323 e. The fraction of sp³-hybridized carbons (Fsp3) is 0.167. The summed E-state index contributed by atoms with van der Waals surface area (Å²) in [6.45, 7) is 3.60. The Labute approximate surface area is 135 Å². The van der Waals surface area contributed by atoms with Crippen molar-refractivity contribution in [2.75, 3.05) is 5.32 Å². The van der Waals surface area contributed by atoms with E-state index in [-0.39, 0.29) is 5.78 Å². The average molecular weight is 306 g/mol. The third kappa shape index (κ3) is 3.83. The number of ketones is 1. The highest BCUT2D eigenvalue weighted by Crippen LogP contribution is 2.18. The first-order valence-electron chi connectivity index (χ1n) is 7.44. The lowest BCUT2D eigenvalue weighted by molar-refractivity contribution is -0.116. The van der Waals surface area contributed by atoms with Crippen LogP contribution in [-0.2, 0) is 11.2 Å². The number of carbonyl (C=O) groups excluding carboxylic acids is 1. The molecule has 0 radical (unpaired) electrons. The molecule has 0 aliphatic carbocycles. The lowest BCUT2D eigenvalue weighted by atomic mass is 10.1. The van der Waals surface area contributed by atoms with E-state index in [0.29, 0.717) is 12.4 Å². The molecule has 2 aromatic carbocycles. The number of aromatic nitrogens is 3. The minimum absolute atomic E-state index is 0.146. The zero-order chi connectivity index (χ0) is 16.2. The molecule has 0 saturated carbocycles. The predicted molar refractivity (Wildman–Crippen MR) is 90.2 cm³/mol. The van der Waals surface area contributed by atoms with Gasteiger partial charge in [-0.3, -0.25) is 4.79 Å². The van der Waals surface area contributed by atoms with E-state index in [4.69, 9.17) is 0 Å². The van der Waals surface area contributed by atoms with Gasteiger partial charge < -0.3 is 5.32 Å². The average Bonchev–Trinajstić information content (AvgIpc) is 2.95. The van der Waals surface area contributed by atoms with Crippen molar-refractivity contribution in [3.05, 3.63) is 66.0 Å². The summed E-state index contributed by atoms with van der Waals surface area (Å²) in [5, 5.41) is 7.62. The van der Waals surface area contributed by atoms with Gasteiger partial charge in [0.25, 0.3) is 0 Å². The zero-order valence-corrected chi connectivity index (χ0v) is 13.2. The van der Waals surface area contributed by atoms with E-state index in [1.807, 2.05) is 55.5 Å². The number of aryl methyl sites for hydroxylation is 1. The second-order valence-corrected chi connectivity index (χ2v) is 5.56. The standard InChI is InChI=1S/C18H18N4O/c1-13-8-15(10-14(2)23)11-16(9-13)20-18-19-12-22(21-18)17-6-4-3-5-7-17/h3-9,11-12H,10H2,1-2H3,(H,20,21). The molecule has 5 heteroatoms. The number of para-hydroxylation sites is 1. The van der Waals surface area contributed by atoms with Crippen LogP contribution in [0.25, 0.3) is 5.69 Å². The molecule has 0 fully saturated rings. The van der Waals surface area contributed by atoms with Gasteiger partial charge in [-0.25, -0.2) is 4.68 Å². The summed E-state index contributed by atoms with van der Waals surface area (Å²) >= 11 is 0. The summed E-state index contributed by atoms with van der Waals surface area (Å²) < 4.78 is 1.72. The van der Waals surface area contributed by atoms with Crippen LogP contribution in [0.3, 0.4) is 0 Å². The van der Waals surface area contributed by atoms with Crippen LogP contribution in [0.4, 0.5) is 11.6 Å². The maximum atomic E-state index is 11.3. The molecule has 1 heterocycles. The van der Waals surface area contributed by atoms with Gasteiger partial charge in [-0.2, -0.15) is 4.98 Å². The van der Waals surface area contributed by atoms with Crippen LogP contribution in [0.1, 0.15) is 18.1 Å². The lowest BCUT2D eigenvalue weighted by Crippen LogP contribution is -2.00. The van der Waals surface area contributed by atoms with Crippen molar-refractivity contribution in [2.45, 2.75) is 20.3 Å². The molecule has 3 aromatic rings. The van der Waals surface area contributed by atoms with Crippen molar-refractivity contribution < 1.29 is 4.79 Å². The van der Waals surface area contributed by atoms with E-state index in [1.165, 1.54) is 0 Å². The quantitative estimate of drug-likeness (QED) is 0.784. The van der Waals surface area contributed by atoms with Gasteiger partial charge in [-0.15, -0.1) is 5.10 Å². The zero-order valence-electron chi connectivity index (χ0n) is 13.2. The van der Waals surface area contributed by atoms with Gasteiger partial charge in [0.15, 0.2) is 0 Å². The molecule has 116 valence electrons. The first kappa shape index (κ1) is 15.0. The molecule has 0 amide bonds. The highest BCUT2D eigenvalue weighted by Gasteiger charge is 2.06. The molecule has 0 atom stereocenters. The van der Waals surface area contributed by atoms with E-state index in [0.717, 1.165) is 22.5 Å². The minimum atomic E-state index is 0.146. The van der Waals surface area contributed by atoms with Crippen LogP contribution in [0.15, 0.2) is 54.9 Å². The number of nitrogens with zero attached hydrogens (tertiary/aromatic N) is 3. The highest BCUT2D eigenvalue weighted by atomic mass is 16.1. The monoisotopic (exact) mass is 306 g/mol. The first-order valence-corrected chi connectivity index (χ1v) is 7.44. The molecule has 3 rings (SSSR count). The SMILES string of the molecule is CC(=O)Cc1cc(C)cc(Nc2ncn(-c3ccccc3)n2)c1. The summed E-state index contributed by atoms with van der Waals surface area (Å²) in [7, 11) is 0. The van der Waals surface area contributed by atoms with Crippen molar-refractivity contribution in [3.63, 3.8) is 0 Å². The topological polar surface area (TPSA) is 59.8 Å². The Hall–Kier alpha value is -2.95. The van der Waals surface area contributed by atoms with Crippen LogP contribution < -0.4 is 5.32 Å². The summed E-state index contributed by atoms with van der Waals surface area (Å²) in [6.07, 6.45) is 2.10. The first-order chi connectivity index (χ1) is 11.1. The summed E-state index contributed by atoms with van der Waals surface area (Å²) in [5.74, 6) is 0.668. The van der Waals surface area contributed by atoms with Gasteiger partial charge >= 0.3 is 0 Å². The second-order valence-electron chi connectivity index (χ2n) is 5.56. The number of Topliss-reactive ketones (excluding diaryl/α,β-unsaturated/α-hetero) is 1. The number of rotatable bonds is 5. The Morgan fingerprint density at radius 2 is 1.96 bits per heavy atom. The van der Waals surface area contributed by atoms with Gasteiger partial charge in [0.05, 0.1) is 5.69 Å². The molecule has 0 aliphatic heterocycles. The van der Waals surface area contributed by atoms with Crippen molar-refractivity contribution in [1.82, 2.24) is 14.8 Å². The van der Waals surface area contributed by atoms with Gasteiger partial charge in [0.2, 0.25) is 5.95 Å². The van der Waals surface area contributed by atoms with Crippen molar-refractivity contribution in [1.29, 1.82) is 0 Å². The molecule has 0 saturated heterocycles. The maximum absolute atomic E-state index is 11.3. The second kappa shape index (κ2) is 6.44. The Bertz CT molecular complexity index is 824. The highest BCUT2D eigenvalue weighted by molar-refractivity contribution is 5.78. The van der Waals surface area contributed by atoms with Crippen LogP contribution in [0, 0.1) is 6.92 Å². The molecule has 0 unspecified atom stereocenters. The molecule has 1 aromatic heterocycles. The summed E-state index contributed by atoms with van der Waals surface area (Å²) in [4.78, 5) is 15.6. The normalized spacial score (nSPS) is 10.5. The molecule has 1 N–H and O–H groups in total. The number of hydrogen-bond acceptors (Lipinski definition) is 4. The van der Waals surface area contributed by atoms with Gasteiger partial charge in [0, 0.05) is 12.1 Å². The molecular formula is C18H18N4O. The van der Waals surface area contributed by atoms with E-state index >= 15 is 0 Å². The van der Waals surface area contributed by atoms with E-state index < -0.39 is 0 Å². The molecule has 5 nitrogen and oxygen atoms in total. The molecule has 0 aliphatic rings. The van der Waals surface area contributed by atoms with Crippen molar-refractivity contribution >= 4 is 17.4 Å².